The Labute approximate surface area is 97.8 Å². The second-order valence-electron chi connectivity index (χ2n) is 3.35. The van der Waals surface area contributed by atoms with E-state index in [9.17, 15) is 14.7 Å². The van der Waals surface area contributed by atoms with Gasteiger partial charge in [-0.05, 0) is 6.07 Å². The second-order valence-corrected chi connectivity index (χ2v) is 3.35. The summed E-state index contributed by atoms with van der Waals surface area (Å²) in [5.41, 5.74) is 0.395. The van der Waals surface area contributed by atoms with Crippen molar-refractivity contribution in [1.82, 2.24) is 5.32 Å². The Morgan fingerprint density at radius 3 is 2.82 bits per heavy atom. The first-order valence-corrected chi connectivity index (χ1v) is 4.87. The predicted octanol–water partition coefficient (Wildman–Crippen LogP) is 0.142. The third-order valence-electron chi connectivity index (χ3n) is 2.29. The fourth-order valence-corrected chi connectivity index (χ4v) is 1.42. The van der Waals surface area contributed by atoms with Crippen molar-refractivity contribution in [2.75, 3.05) is 7.11 Å². The number of aromatic hydroxyl groups is 1. The van der Waals surface area contributed by atoms with Crippen LogP contribution in [-0.2, 0) is 16.0 Å². The Morgan fingerprint density at radius 2 is 2.29 bits per heavy atom. The lowest BCUT2D eigenvalue weighted by Crippen LogP contribution is -2.37. The quantitative estimate of drug-likeness (QED) is 0.614. The number of phenols is 1. The number of carboxylic acids is 1. The number of ether oxygens (including phenoxy) is 1. The summed E-state index contributed by atoms with van der Waals surface area (Å²) in [6.45, 7) is 0. The maximum Gasteiger partial charge on any atom is 0.326 e. The van der Waals surface area contributed by atoms with Crippen LogP contribution in [0.1, 0.15) is 5.56 Å². The molecule has 0 bridgehead atoms. The summed E-state index contributed by atoms with van der Waals surface area (Å²) < 4.78 is 4.90. The van der Waals surface area contributed by atoms with Crippen LogP contribution in [0.15, 0.2) is 18.2 Å². The molecule has 1 aromatic carbocycles. The smallest absolute Gasteiger partial charge is 0.326 e. The largest absolute Gasteiger partial charge is 0.504 e. The Kier molecular flexibility index (Phi) is 4.33. The van der Waals surface area contributed by atoms with Crippen molar-refractivity contribution in [2.24, 2.45) is 0 Å². The average Bonchev–Trinajstić information content (AvgIpc) is 2.30. The number of nitrogens with one attached hydrogen (secondary N) is 1. The molecule has 0 aliphatic rings. The SMILES string of the molecule is COc1cccc(CC(NC=O)C(=O)O)c1O. The first-order valence-electron chi connectivity index (χ1n) is 4.87. The molecule has 0 aliphatic carbocycles. The number of phenolic OH excluding ortho intramolecular Hbond substituents is 1. The molecule has 17 heavy (non-hydrogen) atoms. The van der Waals surface area contributed by atoms with Crippen molar-refractivity contribution in [3.63, 3.8) is 0 Å². The summed E-state index contributed by atoms with van der Waals surface area (Å²) in [7, 11) is 1.40. The molecule has 0 heterocycles. The van der Waals surface area contributed by atoms with Gasteiger partial charge in [0.05, 0.1) is 7.11 Å². The molecule has 6 nitrogen and oxygen atoms in total. The molecular weight excluding hydrogens is 226 g/mol. The predicted molar refractivity (Wildman–Crippen MR) is 59.0 cm³/mol. The third-order valence-corrected chi connectivity index (χ3v) is 2.29. The minimum Gasteiger partial charge on any atom is -0.504 e. The highest BCUT2D eigenvalue weighted by Crippen LogP contribution is 2.30. The fraction of sp³-hybridized carbons (Fsp3) is 0.273. The number of carbonyl (C=O) groups is 2. The summed E-state index contributed by atoms with van der Waals surface area (Å²) >= 11 is 0. The molecule has 0 saturated heterocycles. The lowest BCUT2D eigenvalue weighted by atomic mass is 10.0. The highest BCUT2D eigenvalue weighted by molar-refractivity contribution is 5.76. The molecule has 1 amide bonds. The standard InChI is InChI=1S/C11H13NO5/c1-17-9-4-2-3-7(10(9)14)5-8(11(15)16)12-6-13/h2-4,6,8,14H,5H2,1H3,(H,12,13)(H,15,16). The van der Waals surface area contributed by atoms with Crippen LogP contribution in [0.4, 0.5) is 0 Å². The van der Waals surface area contributed by atoms with Crippen LogP contribution in [0.3, 0.4) is 0 Å². The van der Waals surface area contributed by atoms with Crippen LogP contribution >= 0.6 is 0 Å². The number of rotatable bonds is 6. The summed E-state index contributed by atoms with van der Waals surface area (Å²) in [6, 6.07) is 3.68. The number of benzene rings is 1. The first-order chi connectivity index (χ1) is 8.10. The zero-order chi connectivity index (χ0) is 12.8. The zero-order valence-electron chi connectivity index (χ0n) is 9.21. The molecule has 6 heteroatoms. The van der Waals surface area contributed by atoms with E-state index in [2.05, 4.69) is 5.32 Å². The van der Waals surface area contributed by atoms with Crippen molar-refractivity contribution >= 4 is 12.4 Å². The van der Waals surface area contributed by atoms with Crippen LogP contribution in [-0.4, -0.2) is 35.7 Å². The van der Waals surface area contributed by atoms with Gasteiger partial charge >= 0.3 is 5.97 Å². The zero-order valence-corrected chi connectivity index (χ0v) is 9.21. The molecule has 1 rings (SSSR count). The van der Waals surface area contributed by atoms with Crippen molar-refractivity contribution in [1.29, 1.82) is 0 Å². The number of carbonyl (C=O) groups excluding carboxylic acids is 1. The van der Waals surface area contributed by atoms with Gasteiger partial charge in [-0.1, -0.05) is 12.1 Å². The third kappa shape index (κ3) is 3.10. The van der Waals surface area contributed by atoms with Crippen LogP contribution in [0.2, 0.25) is 0 Å². The molecule has 1 aromatic rings. The van der Waals surface area contributed by atoms with Gasteiger partial charge in [-0.15, -0.1) is 0 Å². The van der Waals surface area contributed by atoms with E-state index in [0.29, 0.717) is 12.0 Å². The topological polar surface area (TPSA) is 95.9 Å². The Bertz CT molecular complexity index is 418. The monoisotopic (exact) mass is 239 g/mol. The lowest BCUT2D eigenvalue weighted by molar-refractivity contribution is -0.140. The Balaban J connectivity index is 2.92. The number of carboxylic acid groups (broad SMARTS) is 1. The maximum absolute atomic E-state index is 10.8. The molecule has 1 unspecified atom stereocenters. The number of aliphatic carboxylic acids is 1. The van der Waals surface area contributed by atoms with Gasteiger partial charge in [0.15, 0.2) is 11.5 Å². The van der Waals surface area contributed by atoms with Gasteiger partial charge in [-0.25, -0.2) is 4.79 Å². The molecule has 0 aromatic heterocycles. The maximum atomic E-state index is 10.8. The second kappa shape index (κ2) is 5.74. The average molecular weight is 239 g/mol. The van der Waals surface area contributed by atoms with Gasteiger partial charge in [0, 0.05) is 12.0 Å². The molecule has 0 fully saturated rings. The summed E-state index contributed by atoms with van der Waals surface area (Å²) in [6.07, 6.45) is 0.299. The number of para-hydroxylation sites is 1. The Morgan fingerprint density at radius 1 is 1.59 bits per heavy atom. The summed E-state index contributed by atoms with van der Waals surface area (Å²) in [5.74, 6) is -1.02. The number of methoxy groups -OCH3 is 1. The van der Waals surface area contributed by atoms with E-state index in [1.165, 1.54) is 7.11 Å². The van der Waals surface area contributed by atoms with Crippen LogP contribution in [0.25, 0.3) is 0 Å². The van der Waals surface area contributed by atoms with Crippen LogP contribution < -0.4 is 10.1 Å². The van der Waals surface area contributed by atoms with E-state index < -0.39 is 12.0 Å². The molecular formula is C11H13NO5. The van der Waals surface area contributed by atoms with Crippen molar-refractivity contribution in [3.05, 3.63) is 23.8 Å². The van der Waals surface area contributed by atoms with E-state index in [1.54, 1.807) is 18.2 Å². The van der Waals surface area contributed by atoms with E-state index in [0.717, 1.165) is 0 Å². The van der Waals surface area contributed by atoms with Gasteiger partial charge in [0.1, 0.15) is 6.04 Å². The minimum atomic E-state index is -1.17. The highest BCUT2D eigenvalue weighted by Gasteiger charge is 2.19. The van der Waals surface area contributed by atoms with E-state index in [4.69, 9.17) is 9.84 Å². The molecule has 0 spiro atoms. The minimum absolute atomic E-state index is 0.0168. The van der Waals surface area contributed by atoms with Gasteiger partial charge in [0.25, 0.3) is 0 Å². The summed E-state index contributed by atoms with van der Waals surface area (Å²) in [4.78, 5) is 21.1. The number of hydrogen-bond acceptors (Lipinski definition) is 4. The normalized spacial score (nSPS) is 11.6. The molecule has 1 atom stereocenters. The number of amides is 1. The fourth-order valence-electron chi connectivity index (χ4n) is 1.42. The van der Waals surface area contributed by atoms with Gasteiger partial charge in [0.2, 0.25) is 6.41 Å². The first kappa shape index (κ1) is 12.8. The van der Waals surface area contributed by atoms with Gasteiger partial charge in [-0.3, -0.25) is 4.79 Å². The molecule has 0 aliphatic heterocycles. The van der Waals surface area contributed by atoms with Gasteiger partial charge < -0.3 is 20.3 Å². The van der Waals surface area contributed by atoms with E-state index >= 15 is 0 Å². The number of hydrogen-bond donors (Lipinski definition) is 3. The van der Waals surface area contributed by atoms with Crippen molar-refractivity contribution in [3.8, 4) is 11.5 Å². The Hall–Kier alpha value is -2.24. The molecule has 3 N–H and O–H groups in total. The van der Waals surface area contributed by atoms with Crippen LogP contribution in [0.5, 0.6) is 11.5 Å². The highest BCUT2D eigenvalue weighted by atomic mass is 16.5. The molecule has 0 saturated carbocycles. The van der Waals surface area contributed by atoms with Gasteiger partial charge in [-0.2, -0.15) is 0 Å². The van der Waals surface area contributed by atoms with E-state index in [-0.39, 0.29) is 17.9 Å². The van der Waals surface area contributed by atoms with Crippen molar-refractivity contribution < 1.29 is 24.5 Å². The molecule has 92 valence electrons. The molecule has 0 radical (unpaired) electrons. The van der Waals surface area contributed by atoms with Crippen molar-refractivity contribution in [2.45, 2.75) is 12.5 Å². The van der Waals surface area contributed by atoms with E-state index in [1.807, 2.05) is 0 Å². The lowest BCUT2D eigenvalue weighted by Gasteiger charge is -2.13. The van der Waals surface area contributed by atoms with Crippen LogP contribution in [0, 0.1) is 0 Å². The summed E-state index contributed by atoms with van der Waals surface area (Å²) in [5, 5.41) is 20.8.